The Morgan fingerprint density at radius 1 is 1.24 bits per heavy atom. The van der Waals surface area contributed by atoms with Crippen LogP contribution in [-0.2, 0) is 27.9 Å². The molecule has 3 amide bonds. The number of hydrogen-bond donors (Lipinski definition) is 1. The van der Waals surface area contributed by atoms with E-state index in [-0.39, 0.29) is 17.7 Å². The molecular formula is C17H27N5O3. The van der Waals surface area contributed by atoms with Gasteiger partial charge in [-0.3, -0.25) is 19.1 Å². The Morgan fingerprint density at radius 2 is 1.88 bits per heavy atom. The van der Waals surface area contributed by atoms with Crippen molar-refractivity contribution in [3.8, 4) is 0 Å². The van der Waals surface area contributed by atoms with Crippen molar-refractivity contribution in [1.29, 1.82) is 0 Å². The molecule has 0 unspecified atom stereocenters. The Balaban J connectivity index is 2.03. The van der Waals surface area contributed by atoms with Crippen molar-refractivity contribution < 1.29 is 14.4 Å². The molecule has 1 aromatic rings. The van der Waals surface area contributed by atoms with E-state index in [0.29, 0.717) is 39.0 Å². The normalized spacial score (nSPS) is 18.0. The lowest BCUT2D eigenvalue weighted by Crippen LogP contribution is -2.42. The average Bonchev–Trinajstić information content (AvgIpc) is 2.80. The second kappa shape index (κ2) is 8.13. The zero-order valence-electron chi connectivity index (χ0n) is 15.4. The van der Waals surface area contributed by atoms with E-state index < -0.39 is 5.92 Å². The van der Waals surface area contributed by atoms with Gasteiger partial charge in [-0.2, -0.15) is 5.10 Å². The van der Waals surface area contributed by atoms with Crippen molar-refractivity contribution in [2.75, 3.05) is 33.2 Å². The van der Waals surface area contributed by atoms with E-state index in [2.05, 4.69) is 10.4 Å². The van der Waals surface area contributed by atoms with Gasteiger partial charge in [0, 0.05) is 59.3 Å². The lowest BCUT2D eigenvalue weighted by molar-refractivity contribution is -0.133. The first kappa shape index (κ1) is 19.0. The summed E-state index contributed by atoms with van der Waals surface area (Å²) in [6.07, 6.45) is 2.78. The summed E-state index contributed by atoms with van der Waals surface area (Å²) in [6.45, 7) is 5.07. The molecule has 2 heterocycles. The fraction of sp³-hybridized carbons (Fsp3) is 0.647. The van der Waals surface area contributed by atoms with Crippen LogP contribution in [0, 0.1) is 12.8 Å². The van der Waals surface area contributed by atoms with Gasteiger partial charge in [-0.1, -0.05) is 0 Å². The van der Waals surface area contributed by atoms with Crippen LogP contribution in [0.4, 0.5) is 0 Å². The third-order valence-electron chi connectivity index (χ3n) is 4.88. The number of amides is 3. The summed E-state index contributed by atoms with van der Waals surface area (Å²) >= 11 is 0. The van der Waals surface area contributed by atoms with Gasteiger partial charge in [0.05, 0.1) is 12.1 Å². The maximum atomic E-state index is 12.6. The topological polar surface area (TPSA) is 87.5 Å². The number of hydrogen-bond acceptors (Lipinski definition) is 4. The molecule has 0 spiro atoms. The number of aromatic nitrogens is 2. The highest BCUT2D eigenvalue weighted by atomic mass is 16.2. The quantitative estimate of drug-likeness (QED) is 0.809. The summed E-state index contributed by atoms with van der Waals surface area (Å²) in [7, 11) is 3.45. The number of carbonyl (C=O) groups is 3. The van der Waals surface area contributed by atoms with E-state index in [4.69, 9.17) is 0 Å². The smallest absolute Gasteiger partial charge is 0.226 e. The summed E-state index contributed by atoms with van der Waals surface area (Å²) in [6, 6.07) is 0. The molecule has 0 bridgehead atoms. The molecule has 1 fully saturated rings. The van der Waals surface area contributed by atoms with Gasteiger partial charge in [-0.05, 0) is 18.9 Å². The highest BCUT2D eigenvalue weighted by molar-refractivity contribution is 5.82. The molecule has 8 nitrogen and oxygen atoms in total. The fourth-order valence-electron chi connectivity index (χ4n) is 3.09. The third kappa shape index (κ3) is 4.58. The summed E-state index contributed by atoms with van der Waals surface area (Å²) in [4.78, 5) is 39.8. The Labute approximate surface area is 148 Å². The number of aryl methyl sites for hydroxylation is 2. The standard InChI is InChI=1S/C17H27N5O3/c1-12-14(9-19-20(12)4)5-6-16(24)22-8-7-21(13(2)23)10-15(11-22)17(25)18-3/h9,15H,5-8,10-11H2,1-4H3,(H,18,25)/t15-/m1/s1. The summed E-state index contributed by atoms with van der Waals surface area (Å²) in [5.74, 6) is -0.619. The van der Waals surface area contributed by atoms with Gasteiger partial charge in [-0.25, -0.2) is 0 Å². The van der Waals surface area contributed by atoms with E-state index in [0.717, 1.165) is 11.3 Å². The molecule has 1 N–H and O–H groups in total. The molecule has 1 aliphatic rings. The Morgan fingerprint density at radius 3 is 2.44 bits per heavy atom. The van der Waals surface area contributed by atoms with Crippen LogP contribution in [0.25, 0.3) is 0 Å². The van der Waals surface area contributed by atoms with Crippen LogP contribution >= 0.6 is 0 Å². The van der Waals surface area contributed by atoms with Crippen molar-refractivity contribution in [2.24, 2.45) is 13.0 Å². The molecule has 0 aliphatic carbocycles. The van der Waals surface area contributed by atoms with Crippen LogP contribution in [0.3, 0.4) is 0 Å². The highest BCUT2D eigenvalue weighted by Gasteiger charge is 2.30. The molecule has 0 radical (unpaired) electrons. The zero-order chi connectivity index (χ0) is 18.6. The van der Waals surface area contributed by atoms with Crippen molar-refractivity contribution in [3.63, 3.8) is 0 Å². The van der Waals surface area contributed by atoms with Gasteiger partial charge in [0.2, 0.25) is 17.7 Å². The second-order valence-electron chi connectivity index (χ2n) is 6.49. The number of rotatable bonds is 4. The van der Waals surface area contributed by atoms with E-state index >= 15 is 0 Å². The zero-order valence-corrected chi connectivity index (χ0v) is 15.4. The molecule has 2 rings (SSSR count). The molecule has 25 heavy (non-hydrogen) atoms. The molecule has 1 aromatic heterocycles. The first-order valence-electron chi connectivity index (χ1n) is 8.55. The summed E-state index contributed by atoms with van der Waals surface area (Å²) < 4.78 is 1.79. The maximum Gasteiger partial charge on any atom is 0.226 e. The lowest BCUT2D eigenvalue weighted by Gasteiger charge is -2.23. The Bertz CT molecular complexity index is 655. The Hall–Kier alpha value is -2.38. The lowest BCUT2D eigenvalue weighted by atomic mass is 10.1. The Kier molecular flexibility index (Phi) is 6.17. The third-order valence-corrected chi connectivity index (χ3v) is 4.88. The first-order valence-corrected chi connectivity index (χ1v) is 8.55. The van der Waals surface area contributed by atoms with Crippen molar-refractivity contribution >= 4 is 17.7 Å². The molecule has 8 heteroatoms. The van der Waals surface area contributed by atoms with Gasteiger partial charge in [0.25, 0.3) is 0 Å². The maximum absolute atomic E-state index is 12.6. The van der Waals surface area contributed by atoms with Crippen LogP contribution < -0.4 is 5.32 Å². The predicted octanol–water partition coefficient (Wildman–Crippen LogP) is -0.286. The first-order chi connectivity index (χ1) is 11.8. The molecule has 1 saturated heterocycles. The molecule has 138 valence electrons. The molecule has 0 aromatic carbocycles. The molecule has 1 aliphatic heterocycles. The van der Waals surface area contributed by atoms with Crippen LogP contribution in [0.1, 0.15) is 24.6 Å². The SMILES string of the molecule is CNC(=O)[C@@H]1CN(C(C)=O)CCN(C(=O)CCc2cnn(C)c2C)C1. The van der Waals surface area contributed by atoms with Crippen molar-refractivity contribution in [1.82, 2.24) is 24.9 Å². The van der Waals surface area contributed by atoms with Gasteiger partial charge >= 0.3 is 0 Å². The number of carbonyl (C=O) groups excluding carboxylic acids is 3. The van der Waals surface area contributed by atoms with E-state index in [1.807, 2.05) is 14.0 Å². The fourth-order valence-corrected chi connectivity index (χ4v) is 3.09. The summed E-state index contributed by atoms with van der Waals surface area (Å²) in [5.41, 5.74) is 2.11. The van der Waals surface area contributed by atoms with Gasteiger partial charge in [0.1, 0.15) is 0 Å². The van der Waals surface area contributed by atoms with Gasteiger partial charge < -0.3 is 15.1 Å². The number of nitrogens with zero attached hydrogens (tertiary/aromatic N) is 4. The van der Waals surface area contributed by atoms with Crippen LogP contribution in [0.15, 0.2) is 6.20 Å². The van der Waals surface area contributed by atoms with Crippen LogP contribution in [0.2, 0.25) is 0 Å². The number of nitrogens with one attached hydrogen (secondary N) is 1. The molecule has 1 atom stereocenters. The largest absolute Gasteiger partial charge is 0.359 e. The predicted molar refractivity (Wildman–Crippen MR) is 92.7 cm³/mol. The van der Waals surface area contributed by atoms with Crippen LogP contribution in [-0.4, -0.2) is 70.5 Å². The minimum Gasteiger partial charge on any atom is -0.359 e. The van der Waals surface area contributed by atoms with Crippen molar-refractivity contribution in [2.45, 2.75) is 26.7 Å². The monoisotopic (exact) mass is 349 g/mol. The van der Waals surface area contributed by atoms with E-state index in [1.54, 1.807) is 27.7 Å². The average molecular weight is 349 g/mol. The highest BCUT2D eigenvalue weighted by Crippen LogP contribution is 2.14. The minimum absolute atomic E-state index is 0.00237. The summed E-state index contributed by atoms with van der Waals surface area (Å²) in [5, 5.41) is 6.82. The van der Waals surface area contributed by atoms with Crippen LogP contribution in [0.5, 0.6) is 0 Å². The van der Waals surface area contributed by atoms with E-state index in [9.17, 15) is 14.4 Å². The second-order valence-corrected chi connectivity index (χ2v) is 6.49. The van der Waals surface area contributed by atoms with Crippen molar-refractivity contribution in [3.05, 3.63) is 17.5 Å². The van der Waals surface area contributed by atoms with Gasteiger partial charge in [-0.15, -0.1) is 0 Å². The van der Waals surface area contributed by atoms with E-state index in [1.165, 1.54) is 6.92 Å². The minimum atomic E-state index is -0.402. The molecule has 0 saturated carbocycles. The van der Waals surface area contributed by atoms with Gasteiger partial charge in [0.15, 0.2) is 0 Å². The molecular weight excluding hydrogens is 322 g/mol.